The molecule has 0 spiro atoms. The zero-order valence-corrected chi connectivity index (χ0v) is 12.3. The van der Waals surface area contributed by atoms with Crippen LogP contribution in [0.5, 0.6) is 0 Å². The van der Waals surface area contributed by atoms with Crippen LogP contribution >= 0.6 is 22.6 Å². The van der Waals surface area contributed by atoms with Crippen molar-refractivity contribution in [2.75, 3.05) is 11.5 Å². The van der Waals surface area contributed by atoms with Gasteiger partial charge in [-0.25, -0.2) is 13.4 Å². The molecule has 7 heteroatoms. The monoisotopic (exact) mass is 368 g/mol. The molecule has 1 aromatic heterocycles. The van der Waals surface area contributed by atoms with Crippen LogP contribution in [0.25, 0.3) is 0 Å². The van der Waals surface area contributed by atoms with Crippen molar-refractivity contribution >= 4 is 32.4 Å². The van der Waals surface area contributed by atoms with Crippen molar-refractivity contribution in [2.45, 2.75) is 25.7 Å². The highest BCUT2D eigenvalue weighted by Crippen LogP contribution is 2.26. The van der Waals surface area contributed by atoms with Crippen LogP contribution in [0, 0.1) is 3.57 Å². The highest BCUT2D eigenvalue weighted by molar-refractivity contribution is 14.1. The summed E-state index contributed by atoms with van der Waals surface area (Å²) in [4.78, 5) is 18.7. The molecule has 1 fully saturated rings. The third-order valence-corrected chi connectivity index (χ3v) is 5.78. The van der Waals surface area contributed by atoms with Crippen molar-refractivity contribution in [1.29, 1.82) is 0 Å². The molecule has 1 aliphatic rings. The van der Waals surface area contributed by atoms with E-state index in [-0.39, 0.29) is 23.0 Å². The van der Waals surface area contributed by atoms with Gasteiger partial charge in [-0.05, 0) is 35.4 Å². The van der Waals surface area contributed by atoms with Crippen molar-refractivity contribution < 1.29 is 8.42 Å². The minimum absolute atomic E-state index is 0.0969. The number of rotatable bonds is 2. The molecule has 1 unspecified atom stereocenters. The van der Waals surface area contributed by atoms with Crippen LogP contribution in [0.1, 0.15) is 30.8 Å². The maximum absolute atomic E-state index is 11.7. The molecule has 0 bridgehead atoms. The number of nitrogens with zero attached hydrogens (tertiary/aromatic N) is 1. The van der Waals surface area contributed by atoms with E-state index in [1.54, 1.807) is 0 Å². The molecule has 0 aliphatic carbocycles. The highest BCUT2D eigenvalue weighted by atomic mass is 127. The lowest BCUT2D eigenvalue weighted by molar-refractivity contribution is 0.601. The first kappa shape index (κ1) is 13.0. The van der Waals surface area contributed by atoms with Gasteiger partial charge >= 0.3 is 0 Å². The number of halogens is 1. The number of aryl methyl sites for hydroxylation is 1. The molecule has 2 rings (SSSR count). The molecule has 0 radical (unpaired) electrons. The summed E-state index contributed by atoms with van der Waals surface area (Å²) in [6.45, 7) is 1.93. The van der Waals surface area contributed by atoms with Crippen molar-refractivity contribution in [3.8, 4) is 0 Å². The van der Waals surface area contributed by atoms with Gasteiger partial charge < -0.3 is 4.98 Å². The molecule has 0 amide bonds. The average molecular weight is 368 g/mol. The summed E-state index contributed by atoms with van der Waals surface area (Å²) in [5, 5.41) is 0. The van der Waals surface area contributed by atoms with Gasteiger partial charge in [0.25, 0.3) is 5.56 Å². The Morgan fingerprint density at radius 3 is 2.76 bits per heavy atom. The summed E-state index contributed by atoms with van der Waals surface area (Å²) < 4.78 is 23.4. The summed E-state index contributed by atoms with van der Waals surface area (Å²) >= 11 is 1.97. The second-order valence-corrected chi connectivity index (χ2v) is 7.47. The Morgan fingerprint density at radius 2 is 2.24 bits per heavy atom. The number of H-pyrrole nitrogens is 1. The van der Waals surface area contributed by atoms with Crippen LogP contribution in [0.15, 0.2) is 4.79 Å². The van der Waals surface area contributed by atoms with Crippen molar-refractivity contribution in [2.24, 2.45) is 0 Å². The zero-order chi connectivity index (χ0) is 12.6. The SMILES string of the molecule is CCc1nc(C2CCS(=O)(=O)C2)[nH]c(=O)c1I. The van der Waals surface area contributed by atoms with Gasteiger partial charge in [0, 0.05) is 5.92 Å². The van der Waals surface area contributed by atoms with Gasteiger partial charge in [0.15, 0.2) is 9.84 Å². The van der Waals surface area contributed by atoms with E-state index in [0.717, 1.165) is 5.69 Å². The molecule has 1 N–H and O–H groups in total. The fourth-order valence-corrected chi connectivity index (χ4v) is 4.35. The highest BCUT2D eigenvalue weighted by Gasteiger charge is 2.31. The maximum Gasteiger partial charge on any atom is 0.264 e. The molecular weight excluding hydrogens is 355 g/mol. The summed E-state index contributed by atoms with van der Waals surface area (Å²) in [5.74, 6) is 0.650. The lowest BCUT2D eigenvalue weighted by Crippen LogP contribution is -2.20. The Hall–Kier alpha value is -0.440. The van der Waals surface area contributed by atoms with E-state index in [0.29, 0.717) is 22.2 Å². The molecular formula is C10H13IN2O3S. The van der Waals surface area contributed by atoms with Crippen molar-refractivity contribution in [3.05, 3.63) is 25.4 Å². The summed E-state index contributed by atoms with van der Waals surface area (Å²) in [5.41, 5.74) is 0.574. The van der Waals surface area contributed by atoms with E-state index in [4.69, 9.17) is 0 Å². The molecule has 2 heterocycles. The average Bonchev–Trinajstić information content (AvgIpc) is 2.62. The van der Waals surface area contributed by atoms with Gasteiger partial charge in [-0.3, -0.25) is 4.79 Å². The van der Waals surface area contributed by atoms with Gasteiger partial charge in [-0.1, -0.05) is 6.92 Å². The minimum atomic E-state index is -2.95. The van der Waals surface area contributed by atoms with E-state index in [1.165, 1.54) is 0 Å². The first-order valence-electron chi connectivity index (χ1n) is 5.42. The molecule has 1 saturated heterocycles. The largest absolute Gasteiger partial charge is 0.309 e. The number of sulfone groups is 1. The second kappa shape index (κ2) is 4.68. The molecule has 5 nitrogen and oxygen atoms in total. The molecule has 0 aromatic carbocycles. The number of aromatic amines is 1. The van der Waals surface area contributed by atoms with E-state index in [2.05, 4.69) is 9.97 Å². The lowest BCUT2D eigenvalue weighted by atomic mass is 10.1. The first-order valence-corrected chi connectivity index (χ1v) is 8.32. The van der Waals surface area contributed by atoms with Crippen molar-refractivity contribution in [3.63, 3.8) is 0 Å². The Morgan fingerprint density at radius 1 is 1.53 bits per heavy atom. The number of aromatic nitrogens is 2. The van der Waals surface area contributed by atoms with Crippen LogP contribution in [0.4, 0.5) is 0 Å². The Kier molecular flexibility index (Phi) is 3.58. The molecule has 1 aliphatic heterocycles. The van der Waals surface area contributed by atoms with Crippen LogP contribution < -0.4 is 5.56 Å². The topological polar surface area (TPSA) is 79.9 Å². The quantitative estimate of drug-likeness (QED) is 0.785. The van der Waals surface area contributed by atoms with Gasteiger partial charge in [0.2, 0.25) is 0 Å². The molecule has 1 aromatic rings. The van der Waals surface area contributed by atoms with Gasteiger partial charge in [-0.2, -0.15) is 0 Å². The third-order valence-electron chi connectivity index (χ3n) is 2.90. The predicted octanol–water partition coefficient (Wildman–Crippen LogP) is 0.839. The van der Waals surface area contributed by atoms with Gasteiger partial charge in [0.1, 0.15) is 5.82 Å². The van der Waals surface area contributed by atoms with Crippen LogP contribution in [-0.2, 0) is 16.3 Å². The molecule has 94 valence electrons. The maximum atomic E-state index is 11.7. The smallest absolute Gasteiger partial charge is 0.264 e. The first-order chi connectivity index (χ1) is 7.93. The normalized spacial score (nSPS) is 22.8. The predicted molar refractivity (Wildman–Crippen MR) is 73.0 cm³/mol. The Labute approximate surface area is 113 Å². The second-order valence-electron chi connectivity index (χ2n) is 4.17. The van der Waals surface area contributed by atoms with Crippen LogP contribution in [0.2, 0.25) is 0 Å². The van der Waals surface area contributed by atoms with E-state index in [9.17, 15) is 13.2 Å². The van der Waals surface area contributed by atoms with Crippen molar-refractivity contribution in [1.82, 2.24) is 9.97 Å². The van der Waals surface area contributed by atoms with Crippen LogP contribution in [-0.4, -0.2) is 29.9 Å². The van der Waals surface area contributed by atoms with E-state index in [1.807, 2.05) is 29.5 Å². The summed E-state index contributed by atoms with van der Waals surface area (Å²) in [6.07, 6.45) is 1.23. The lowest BCUT2D eigenvalue weighted by Gasteiger charge is -2.09. The molecule has 1 atom stereocenters. The van der Waals surface area contributed by atoms with E-state index < -0.39 is 9.84 Å². The Balaban J connectivity index is 2.41. The van der Waals surface area contributed by atoms with Gasteiger partial charge in [-0.15, -0.1) is 0 Å². The standard InChI is InChI=1S/C10H13IN2O3S/c1-2-7-8(11)10(14)13-9(12-7)6-3-4-17(15,16)5-6/h6H,2-5H2,1H3,(H,12,13,14). The third kappa shape index (κ3) is 2.70. The summed E-state index contributed by atoms with van der Waals surface area (Å²) in [7, 11) is -2.95. The number of hydrogen-bond donors (Lipinski definition) is 1. The molecule has 0 saturated carbocycles. The minimum Gasteiger partial charge on any atom is -0.309 e. The Bertz CT molecular complexity index is 594. The number of nitrogens with one attached hydrogen (secondary N) is 1. The fraction of sp³-hybridized carbons (Fsp3) is 0.600. The summed E-state index contributed by atoms with van der Waals surface area (Å²) in [6, 6.07) is 0. The molecule has 17 heavy (non-hydrogen) atoms. The number of hydrogen-bond acceptors (Lipinski definition) is 4. The van der Waals surface area contributed by atoms with Crippen LogP contribution in [0.3, 0.4) is 0 Å². The van der Waals surface area contributed by atoms with E-state index >= 15 is 0 Å². The fourth-order valence-electron chi connectivity index (χ4n) is 1.96. The zero-order valence-electron chi connectivity index (χ0n) is 9.36. The van der Waals surface area contributed by atoms with Gasteiger partial charge in [0.05, 0.1) is 20.8 Å².